The molecule has 2 heterocycles. The third kappa shape index (κ3) is 2.63. The number of rotatable bonds is 1. The molecule has 0 spiro atoms. The normalized spacial score (nSPS) is 17.1. The Hall–Kier alpha value is -1.43. The Labute approximate surface area is 101 Å². The van der Waals surface area contributed by atoms with Gasteiger partial charge in [0.05, 0.1) is 0 Å². The number of hydrogen-bond donors (Lipinski definition) is 1. The van der Waals surface area contributed by atoms with E-state index in [0.29, 0.717) is 24.6 Å². The van der Waals surface area contributed by atoms with Crippen LogP contribution in [0.4, 0.5) is 0 Å². The fourth-order valence-corrected chi connectivity index (χ4v) is 2.80. The number of hydrogen-bond acceptors (Lipinski definition) is 3. The van der Waals surface area contributed by atoms with Crippen molar-refractivity contribution in [3.05, 3.63) is 33.7 Å². The Morgan fingerprint density at radius 2 is 2.06 bits per heavy atom. The van der Waals surface area contributed by atoms with E-state index >= 15 is 0 Å². The lowest BCUT2D eigenvalue weighted by molar-refractivity contribution is 0.0769. The van der Waals surface area contributed by atoms with E-state index in [1.807, 2.05) is 0 Å². The van der Waals surface area contributed by atoms with Crippen LogP contribution in [0, 0.1) is 6.92 Å². The molecule has 0 bridgehead atoms. The van der Waals surface area contributed by atoms with Gasteiger partial charge in [-0.2, -0.15) is 0 Å². The highest BCUT2D eigenvalue weighted by Crippen LogP contribution is 2.05. The van der Waals surface area contributed by atoms with Crippen molar-refractivity contribution in [1.82, 2.24) is 9.88 Å². The molecule has 17 heavy (non-hydrogen) atoms. The lowest BCUT2D eigenvalue weighted by Crippen LogP contribution is -2.43. The minimum Gasteiger partial charge on any atom is -0.364 e. The van der Waals surface area contributed by atoms with Gasteiger partial charge in [-0.25, -0.2) is 0 Å². The molecule has 6 heteroatoms. The van der Waals surface area contributed by atoms with Crippen LogP contribution in [0.25, 0.3) is 0 Å². The SMILES string of the molecule is Cc1cc(=O)c(C(=O)N2CCS(=O)CC2)c[nH]1. The molecule has 2 rings (SSSR count). The molecule has 0 radical (unpaired) electrons. The molecule has 0 aliphatic carbocycles. The standard InChI is InChI=1S/C11H14N2O3S/c1-8-6-10(14)9(7-12-8)11(15)13-2-4-17(16)5-3-13/h6-7H,2-5H2,1H3,(H,12,14). The van der Waals surface area contributed by atoms with Crippen molar-refractivity contribution in [3.8, 4) is 0 Å². The first-order chi connectivity index (χ1) is 8.08. The average Bonchev–Trinajstić information content (AvgIpc) is 2.29. The van der Waals surface area contributed by atoms with Gasteiger partial charge in [0.2, 0.25) is 0 Å². The van der Waals surface area contributed by atoms with Crippen molar-refractivity contribution in [2.75, 3.05) is 24.6 Å². The van der Waals surface area contributed by atoms with Gasteiger partial charge in [0.15, 0.2) is 5.43 Å². The molecule has 1 aromatic heterocycles. The Morgan fingerprint density at radius 3 is 2.65 bits per heavy atom. The van der Waals surface area contributed by atoms with E-state index in [9.17, 15) is 13.8 Å². The van der Waals surface area contributed by atoms with E-state index in [4.69, 9.17) is 0 Å². The summed E-state index contributed by atoms with van der Waals surface area (Å²) in [7, 11) is -0.823. The number of pyridine rings is 1. The fourth-order valence-electron chi connectivity index (χ4n) is 1.75. The zero-order chi connectivity index (χ0) is 12.4. The molecule has 0 atom stereocenters. The van der Waals surface area contributed by atoms with E-state index in [2.05, 4.69) is 4.98 Å². The summed E-state index contributed by atoms with van der Waals surface area (Å²) < 4.78 is 11.2. The molecule has 0 unspecified atom stereocenters. The summed E-state index contributed by atoms with van der Waals surface area (Å²) in [5.74, 6) is 0.716. The van der Waals surface area contributed by atoms with Gasteiger partial charge < -0.3 is 9.88 Å². The van der Waals surface area contributed by atoms with Crippen molar-refractivity contribution in [3.63, 3.8) is 0 Å². The molecule has 1 saturated heterocycles. The summed E-state index contributed by atoms with van der Waals surface area (Å²) in [6.07, 6.45) is 1.45. The quantitative estimate of drug-likeness (QED) is 0.760. The van der Waals surface area contributed by atoms with Gasteiger partial charge in [0, 0.05) is 53.4 Å². The average molecular weight is 254 g/mol. The minimum absolute atomic E-state index is 0.156. The molecule has 1 amide bonds. The summed E-state index contributed by atoms with van der Waals surface area (Å²) in [5.41, 5.74) is 0.618. The number of carbonyl (C=O) groups is 1. The van der Waals surface area contributed by atoms with Crippen LogP contribution >= 0.6 is 0 Å². The zero-order valence-corrected chi connectivity index (χ0v) is 10.4. The smallest absolute Gasteiger partial charge is 0.259 e. The topological polar surface area (TPSA) is 70.2 Å². The van der Waals surface area contributed by atoms with Crippen LogP contribution in [0.2, 0.25) is 0 Å². The van der Waals surface area contributed by atoms with Crippen LogP contribution in [0.15, 0.2) is 17.1 Å². The van der Waals surface area contributed by atoms with Gasteiger partial charge in [-0.05, 0) is 6.92 Å². The number of aromatic nitrogens is 1. The van der Waals surface area contributed by atoms with Crippen molar-refractivity contribution < 1.29 is 9.00 Å². The highest BCUT2D eigenvalue weighted by Gasteiger charge is 2.22. The first-order valence-corrected chi connectivity index (χ1v) is 6.90. The number of nitrogens with zero attached hydrogens (tertiary/aromatic N) is 1. The summed E-state index contributed by atoms with van der Waals surface area (Å²) in [6, 6.07) is 1.41. The molecule has 0 aromatic carbocycles. The van der Waals surface area contributed by atoms with E-state index in [1.54, 1.807) is 11.8 Å². The summed E-state index contributed by atoms with van der Waals surface area (Å²) in [5, 5.41) is 0. The second-order valence-electron chi connectivity index (χ2n) is 4.03. The van der Waals surface area contributed by atoms with E-state index in [0.717, 1.165) is 5.69 Å². The Morgan fingerprint density at radius 1 is 1.41 bits per heavy atom. The first kappa shape index (κ1) is 12.0. The fraction of sp³-hybridized carbons (Fsp3) is 0.455. The zero-order valence-electron chi connectivity index (χ0n) is 9.56. The van der Waals surface area contributed by atoms with Crippen molar-refractivity contribution in [2.45, 2.75) is 6.92 Å². The maximum atomic E-state index is 12.0. The number of aromatic amines is 1. The third-order valence-electron chi connectivity index (χ3n) is 2.75. The second-order valence-corrected chi connectivity index (χ2v) is 5.73. The van der Waals surface area contributed by atoms with Gasteiger partial charge in [-0.1, -0.05) is 0 Å². The van der Waals surface area contributed by atoms with E-state index in [1.165, 1.54) is 12.3 Å². The lowest BCUT2D eigenvalue weighted by atomic mass is 10.2. The maximum Gasteiger partial charge on any atom is 0.259 e. The van der Waals surface area contributed by atoms with Crippen LogP contribution in [0.3, 0.4) is 0 Å². The maximum absolute atomic E-state index is 12.0. The lowest BCUT2D eigenvalue weighted by Gasteiger charge is -2.26. The highest BCUT2D eigenvalue weighted by molar-refractivity contribution is 7.85. The Kier molecular flexibility index (Phi) is 3.42. The second kappa shape index (κ2) is 4.83. The van der Waals surface area contributed by atoms with Crippen molar-refractivity contribution in [2.24, 2.45) is 0 Å². The molecule has 1 aromatic rings. The van der Waals surface area contributed by atoms with E-state index in [-0.39, 0.29) is 16.9 Å². The van der Waals surface area contributed by atoms with Crippen LogP contribution in [-0.2, 0) is 10.8 Å². The Balaban J connectivity index is 2.20. The summed E-state index contributed by atoms with van der Waals surface area (Å²) in [4.78, 5) is 28.2. The van der Waals surface area contributed by atoms with Gasteiger partial charge in [-0.3, -0.25) is 13.8 Å². The van der Waals surface area contributed by atoms with Crippen LogP contribution in [0.5, 0.6) is 0 Å². The molecule has 1 aliphatic rings. The van der Waals surface area contributed by atoms with Crippen LogP contribution < -0.4 is 5.43 Å². The molecular formula is C11H14N2O3S. The largest absolute Gasteiger partial charge is 0.364 e. The molecule has 5 nitrogen and oxygen atoms in total. The van der Waals surface area contributed by atoms with Crippen molar-refractivity contribution in [1.29, 1.82) is 0 Å². The molecule has 1 aliphatic heterocycles. The van der Waals surface area contributed by atoms with Crippen molar-refractivity contribution >= 4 is 16.7 Å². The van der Waals surface area contributed by atoms with Crippen LogP contribution in [-0.4, -0.2) is 44.6 Å². The number of carbonyl (C=O) groups excluding carboxylic acids is 1. The van der Waals surface area contributed by atoms with Gasteiger partial charge in [0.1, 0.15) is 5.56 Å². The summed E-state index contributed by atoms with van der Waals surface area (Å²) >= 11 is 0. The molecule has 92 valence electrons. The number of aryl methyl sites for hydroxylation is 1. The monoisotopic (exact) mass is 254 g/mol. The predicted octanol–water partition coefficient (Wildman–Crippen LogP) is -0.112. The molecule has 1 N–H and O–H groups in total. The van der Waals surface area contributed by atoms with Gasteiger partial charge in [-0.15, -0.1) is 0 Å². The van der Waals surface area contributed by atoms with E-state index < -0.39 is 10.8 Å². The third-order valence-corrected chi connectivity index (χ3v) is 4.03. The number of H-pyrrole nitrogens is 1. The van der Waals surface area contributed by atoms with Crippen LogP contribution in [0.1, 0.15) is 16.1 Å². The van der Waals surface area contributed by atoms with Gasteiger partial charge in [0.25, 0.3) is 5.91 Å². The molecule has 1 fully saturated rings. The minimum atomic E-state index is -0.823. The molecular weight excluding hydrogens is 240 g/mol. The molecule has 0 saturated carbocycles. The summed E-state index contributed by atoms with van der Waals surface area (Å²) in [6.45, 7) is 2.68. The predicted molar refractivity (Wildman–Crippen MR) is 65.6 cm³/mol. The first-order valence-electron chi connectivity index (χ1n) is 5.41. The number of nitrogens with one attached hydrogen (secondary N) is 1. The van der Waals surface area contributed by atoms with Gasteiger partial charge >= 0.3 is 0 Å². The Bertz CT molecular complexity index is 514. The number of amides is 1. The highest BCUT2D eigenvalue weighted by atomic mass is 32.2.